The average molecular weight is 1370 g/mol. The predicted octanol–water partition coefficient (Wildman–Crippen LogP) is 21.7. The lowest BCUT2D eigenvalue weighted by molar-refractivity contribution is -0.161. The van der Waals surface area contributed by atoms with Gasteiger partial charge in [-0.25, -0.2) is 9.13 Å². The smallest absolute Gasteiger partial charge is 0.462 e. The highest BCUT2D eigenvalue weighted by atomic mass is 31.2. The van der Waals surface area contributed by atoms with Gasteiger partial charge < -0.3 is 33.8 Å². The van der Waals surface area contributed by atoms with Crippen LogP contribution in [0.15, 0.2) is 0 Å². The lowest BCUT2D eigenvalue weighted by atomic mass is 10.0. The van der Waals surface area contributed by atoms with Gasteiger partial charge >= 0.3 is 39.5 Å². The summed E-state index contributed by atoms with van der Waals surface area (Å²) in [5.74, 6) is -1.46. The number of hydrogen-bond acceptors (Lipinski definition) is 15. The Bertz CT molecular complexity index is 1790. The Hall–Kier alpha value is -1.94. The Morgan fingerprint density at radius 3 is 0.731 bits per heavy atom. The van der Waals surface area contributed by atoms with Crippen LogP contribution in [0.3, 0.4) is 0 Å². The van der Waals surface area contributed by atoms with Crippen LogP contribution in [0.5, 0.6) is 0 Å². The van der Waals surface area contributed by atoms with Crippen LogP contribution in [0.4, 0.5) is 0 Å². The molecule has 0 aliphatic carbocycles. The first-order valence-electron chi connectivity index (χ1n) is 38.6. The third-order valence-electron chi connectivity index (χ3n) is 17.3. The Labute approximate surface area is 568 Å². The molecule has 0 heterocycles. The lowest BCUT2D eigenvalue weighted by Gasteiger charge is -2.21. The fourth-order valence-electron chi connectivity index (χ4n) is 11.4. The summed E-state index contributed by atoms with van der Waals surface area (Å²) in [6.07, 6.45) is 56.4. The highest BCUT2D eigenvalue weighted by Crippen LogP contribution is 2.45. The van der Waals surface area contributed by atoms with Gasteiger partial charge in [0.1, 0.15) is 19.3 Å². The van der Waals surface area contributed by atoms with Gasteiger partial charge in [0.25, 0.3) is 0 Å². The molecule has 17 nitrogen and oxygen atoms in total. The van der Waals surface area contributed by atoms with Gasteiger partial charge in [-0.3, -0.25) is 37.3 Å². The van der Waals surface area contributed by atoms with Crippen LogP contribution >= 0.6 is 15.6 Å². The van der Waals surface area contributed by atoms with Gasteiger partial charge in [-0.05, 0) is 31.6 Å². The normalized spacial score (nSPS) is 14.0. The quantitative estimate of drug-likeness (QED) is 0.0222. The molecule has 0 amide bonds. The molecule has 0 bridgehead atoms. The van der Waals surface area contributed by atoms with E-state index in [0.29, 0.717) is 31.6 Å². The van der Waals surface area contributed by atoms with Crippen molar-refractivity contribution >= 4 is 39.5 Å². The van der Waals surface area contributed by atoms with E-state index < -0.39 is 97.5 Å². The van der Waals surface area contributed by atoms with Gasteiger partial charge in [-0.2, -0.15) is 0 Å². The maximum atomic E-state index is 13.1. The fraction of sp³-hybridized carbons (Fsp3) is 0.946. The zero-order chi connectivity index (χ0) is 68.4. The summed E-state index contributed by atoms with van der Waals surface area (Å²) in [5.41, 5.74) is 0. The van der Waals surface area contributed by atoms with Gasteiger partial charge in [0.05, 0.1) is 26.4 Å². The second kappa shape index (κ2) is 67.3. The number of ether oxygens (including phenoxy) is 4. The highest BCUT2D eigenvalue weighted by Gasteiger charge is 2.30. The summed E-state index contributed by atoms with van der Waals surface area (Å²) in [6.45, 7) is 7.08. The van der Waals surface area contributed by atoms with Crippen molar-refractivity contribution in [1.82, 2.24) is 0 Å². The summed E-state index contributed by atoms with van der Waals surface area (Å²) in [4.78, 5) is 72.3. The second-order valence-corrected chi connectivity index (χ2v) is 30.1. The molecule has 0 aliphatic rings. The van der Waals surface area contributed by atoms with Crippen LogP contribution in [0.2, 0.25) is 0 Å². The molecular weight excluding hydrogens is 1220 g/mol. The molecule has 2 unspecified atom stereocenters. The van der Waals surface area contributed by atoms with Crippen molar-refractivity contribution in [2.45, 2.75) is 406 Å². The van der Waals surface area contributed by atoms with Gasteiger partial charge in [-0.15, -0.1) is 0 Å². The number of hydrogen-bond donors (Lipinski definition) is 3. The van der Waals surface area contributed by atoms with Crippen LogP contribution in [-0.2, 0) is 65.4 Å². The molecule has 0 fully saturated rings. The van der Waals surface area contributed by atoms with E-state index in [0.717, 1.165) is 96.3 Å². The Kier molecular flexibility index (Phi) is 65.9. The fourth-order valence-corrected chi connectivity index (χ4v) is 12.9. The van der Waals surface area contributed by atoms with Crippen molar-refractivity contribution in [1.29, 1.82) is 0 Å². The lowest BCUT2D eigenvalue weighted by Crippen LogP contribution is -2.30. The summed E-state index contributed by atoms with van der Waals surface area (Å²) in [6, 6.07) is 0. The van der Waals surface area contributed by atoms with Crippen LogP contribution < -0.4 is 0 Å². The first-order chi connectivity index (χ1) is 45.0. The molecule has 0 aromatic rings. The van der Waals surface area contributed by atoms with Crippen molar-refractivity contribution in [2.75, 3.05) is 39.6 Å². The van der Waals surface area contributed by atoms with Gasteiger partial charge in [0.15, 0.2) is 12.2 Å². The molecule has 552 valence electrons. The molecule has 19 heteroatoms. The van der Waals surface area contributed by atoms with Crippen molar-refractivity contribution in [3.05, 3.63) is 0 Å². The van der Waals surface area contributed by atoms with Crippen molar-refractivity contribution in [2.24, 2.45) is 5.92 Å². The number of phosphoric ester groups is 2. The minimum Gasteiger partial charge on any atom is -0.462 e. The summed E-state index contributed by atoms with van der Waals surface area (Å²) < 4.78 is 68.1. The maximum absolute atomic E-state index is 13.1. The number of unbranched alkanes of at least 4 members (excludes halogenated alkanes) is 46. The monoisotopic (exact) mass is 1370 g/mol. The molecule has 0 aliphatic heterocycles. The van der Waals surface area contributed by atoms with Crippen molar-refractivity contribution < 1.29 is 80.2 Å². The maximum Gasteiger partial charge on any atom is 0.472 e. The highest BCUT2D eigenvalue weighted by molar-refractivity contribution is 7.47. The standard InChI is InChI=1S/C74H144O17P2/c1-6-9-12-15-17-19-21-23-25-27-29-30-31-33-35-37-39-41-43-49-54-59-73(78)90-70(64-85-72(77)58-53-48-42-40-38-36-34-32-28-26-24-22-20-18-16-13-10-7-2)66-89-93(82,83)87-62-68(75)61-86-92(80,81)88-65-69(63-84-71(76)57-52-46-14-11-8-3)91-74(79)60-55-50-45-44-47-51-56-67(4)5/h67-70,75H,6-66H2,1-5H3,(H,80,81)(H,82,83)/t68-,69+,70+/m0/s1. The number of carbonyl (C=O) groups excluding carboxylic acids is 4. The number of esters is 4. The second-order valence-electron chi connectivity index (χ2n) is 27.2. The van der Waals surface area contributed by atoms with Gasteiger partial charge in [-0.1, -0.05) is 336 Å². The minimum absolute atomic E-state index is 0.102. The average Bonchev–Trinajstić information content (AvgIpc) is 2.52. The molecular formula is C74H144O17P2. The Balaban J connectivity index is 5.10. The molecule has 0 spiro atoms. The molecule has 0 rings (SSSR count). The van der Waals surface area contributed by atoms with E-state index >= 15 is 0 Å². The van der Waals surface area contributed by atoms with Gasteiger partial charge in [0.2, 0.25) is 0 Å². The number of phosphoric acid groups is 2. The van der Waals surface area contributed by atoms with Crippen molar-refractivity contribution in [3.63, 3.8) is 0 Å². The van der Waals surface area contributed by atoms with Crippen LogP contribution in [0, 0.1) is 5.92 Å². The zero-order valence-corrected chi connectivity index (χ0v) is 62.2. The van der Waals surface area contributed by atoms with E-state index in [4.69, 9.17) is 37.0 Å². The van der Waals surface area contributed by atoms with E-state index in [2.05, 4.69) is 34.6 Å². The van der Waals surface area contributed by atoms with E-state index in [1.165, 1.54) is 205 Å². The topological polar surface area (TPSA) is 237 Å². The summed E-state index contributed by atoms with van der Waals surface area (Å²) in [7, 11) is -9.89. The van der Waals surface area contributed by atoms with Crippen LogP contribution in [-0.4, -0.2) is 96.7 Å². The SMILES string of the molecule is CCCCCCCCCCCCCCCCCCCCCCCC(=O)O[C@H](COC(=O)CCCCCCCCCCCCCCCCCCCC)COP(=O)(O)OC[C@@H](O)COP(=O)(O)OC[C@@H](COC(=O)CCCCCCC)OC(=O)CCCCCCCCC(C)C. The molecule has 0 aromatic carbocycles. The number of rotatable bonds is 74. The van der Waals surface area contributed by atoms with E-state index in [1.807, 2.05) is 0 Å². The summed E-state index contributed by atoms with van der Waals surface area (Å²) >= 11 is 0. The molecule has 0 radical (unpaired) electrons. The van der Waals surface area contributed by atoms with Crippen molar-refractivity contribution in [3.8, 4) is 0 Å². The molecule has 3 N–H and O–H groups in total. The van der Waals surface area contributed by atoms with Gasteiger partial charge in [0, 0.05) is 25.7 Å². The van der Waals surface area contributed by atoms with E-state index in [1.54, 1.807) is 0 Å². The van der Waals surface area contributed by atoms with E-state index in [9.17, 15) is 43.2 Å². The minimum atomic E-state index is -4.95. The zero-order valence-electron chi connectivity index (χ0n) is 60.4. The molecule has 0 saturated heterocycles. The first kappa shape index (κ1) is 91.1. The summed E-state index contributed by atoms with van der Waals surface area (Å²) in [5, 5.41) is 10.6. The number of carbonyl (C=O) groups is 4. The largest absolute Gasteiger partial charge is 0.472 e. The first-order valence-corrected chi connectivity index (χ1v) is 41.6. The predicted molar refractivity (Wildman–Crippen MR) is 377 cm³/mol. The molecule has 0 saturated carbocycles. The third-order valence-corrected chi connectivity index (χ3v) is 19.2. The Morgan fingerprint density at radius 2 is 0.495 bits per heavy atom. The number of aliphatic hydroxyl groups is 1. The van der Waals surface area contributed by atoms with E-state index in [-0.39, 0.29) is 25.7 Å². The number of aliphatic hydroxyl groups excluding tert-OH is 1. The molecule has 5 atom stereocenters. The molecule has 93 heavy (non-hydrogen) atoms. The van der Waals surface area contributed by atoms with Crippen LogP contribution in [0.25, 0.3) is 0 Å². The molecule has 0 aromatic heterocycles. The van der Waals surface area contributed by atoms with Crippen LogP contribution in [0.1, 0.15) is 388 Å². The Morgan fingerprint density at radius 1 is 0.290 bits per heavy atom. The third kappa shape index (κ3) is 68.4.